The van der Waals surface area contributed by atoms with Crippen molar-refractivity contribution >= 4 is 5.91 Å². The molecule has 0 spiro atoms. The second kappa shape index (κ2) is 5.73. The number of nitrogens with two attached hydrogens (primary N) is 1. The number of hydrogen-bond donors (Lipinski definition) is 3. The minimum absolute atomic E-state index is 0.200. The van der Waals surface area contributed by atoms with Crippen molar-refractivity contribution in [2.24, 2.45) is 5.84 Å². The van der Waals surface area contributed by atoms with E-state index in [2.05, 4.69) is 0 Å². The van der Waals surface area contributed by atoms with Gasteiger partial charge in [-0.1, -0.05) is 12.8 Å². The van der Waals surface area contributed by atoms with E-state index in [1.807, 2.05) is 17.4 Å². The monoisotopic (exact) mass is 267 g/mol. The first-order valence-corrected chi connectivity index (χ1v) is 6.53. The summed E-state index contributed by atoms with van der Waals surface area (Å²) in [6.45, 7) is 1.17. The van der Waals surface area contributed by atoms with E-state index in [0.29, 0.717) is 18.8 Å². The van der Waals surface area contributed by atoms with Crippen molar-refractivity contribution in [2.75, 3.05) is 13.6 Å². The second-order valence-electron chi connectivity index (χ2n) is 5.34. The lowest BCUT2D eigenvalue weighted by Gasteiger charge is -2.27. The lowest BCUT2D eigenvalue weighted by atomic mass is 10.0. The number of aliphatic hydroxyl groups is 1. The molecular formula is C13H21N3O3. The minimum Gasteiger partial charge on any atom is -0.455 e. The number of nitrogens with one attached hydrogen (secondary N) is 1. The Morgan fingerprint density at radius 3 is 2.84 bits per heavy atom. The smallest absolute Gasteiger partial charge is 0.300 e. The van der Waals surface area contributed by atoms with Gasteiger partial charge in [0.1, 0.15) is 5.76 Å². The highest BCUT2D eigenvalue weighted by molar-refractivity contribution is 5.90. The fourth-order valence-electron chi connectivity index (χ4n) is 2.67. The molecule has 0 bridgehead atoms. The zero-order valence-corrected chi connectivity index (χ0v) is 11.2. The number of rotatable bonds is 5. The molecule has 0 aromatic carbocycles. The average Bonchev–Trinajstić information content (AvgIpc) is 2.97. The Balaban J connectivity index is 1.89. The molecule has 1 aliphatic rings. The number of nitrogen functional groups attached to an aromatic ring is 1. The Kier molecular flexibility index (Phi) is 4.24. The number of hydrogen-bond acceptors (Lipinski definition) is 5. The number of furan rings is 1. The summed E-state index contributed by atoms with van der Waals surface area (Å²) in [4.78, 5) is 13.3. The van der Waals surface area contributed by atoms with Crippen LogP contribution in [0.15, 0.2) is 16.5 Å². The molecule has 6 heteroatoms. The third kappa shape index (κ3) is 3.56. The third-order valence-corrected chi connectivity index (χ3v) is 3.54. The highest BCUT2D eigenvalue weighted by atomic mass is 16.4. The van der Waals surface area contributed by atoms with Crippen molar-refractivity contribution in [3.8, 4) is 0 Å². The lowest BCUT2D eigenvalue weighted by Crippen LogP contribution is -2.38. The quantitative estimate of drug-likeness (QED) is 0.413. The van der Waals surface area contributed by atoms with E-state index in [4.69, 9.17) is 10.3 Å². The molecule has 0 radical (unpaired) electrons. The summed E-state index contributed by atoms with van der Waals surface area (Å²) in [6, 6.07) is 3.34. The van der Waals surface area contributed by atoms with Crippen molar-refractivity contribution in [2.45, 2.75) is 37.8 Å². The molecule has 1 aromatic rings. The molecule has 0 aliphatic heterocycles. The van der Waals surface area contributed by atoms with Crippen LogP contribution in [0.2, 0.25) is 0 Å². The zero-order chi connectivity index (χ0) is 13.9. The Morgan fingerprint density at radius 1 is 1.53 bits per heavy atom. The summed E-state index contributed by atoms with van der Waals surface area (Å²) in [5, 5.41) is 10.3. The summed E-state index contributed by atoms with van der Waals surface area (Å²) in [5.41, 5.74) is 1.46. The Hall–Kier alpha value is -1.37. The van der Waals surface area contributed by atoms with Crippen molar-refractivity contribution in [3.05, 3.63) is 23.7 Å². The summed E-state index contributed by atoms with van der Waals surface area (Å²) in [5.74, 6) is 5.48. The van der Waals surface area contributed by atoms with Crippen LogP contribution < -0.4 is 11.3 Å². The molecule has 0 atom stereocenters. The maximum atomic E-state index is 11.3. The van der Waals surface area contributed by atoms with E-state index in [1.165, 1.54) is 0 Å². The normalized spacial score (nSPS) is 17.9. The number of hydrazine groups is 1. The topological polar surface area (TPSA) is 91.7 Å². The van der Waals surface area contributed by atoms with Crippen molar-refractivity contribution < 1.29 is 14.3 Å². The SMILES string of the molecule is CN(Cc1ccc(C(=O)NN)o1)CC1(O)CCCC1. The maximum absolute atomic E-state index is 11.3. The van der Waals surface area contributed by atoms with Crippen LogP contribution in [0.25, 0.3) is 0 Å². The molecule has 1 saturated carbocycles. The lowest BCUT2D eigenvalue weighted by molar-refractivity contribution is 0.0130. The summed E-state index contributed by atoms with van der Waals surface area (Å²) < 4.78 is 5.39. The molecule has 19 heavy (non-hydrogen) atoms. The van der Waals surface area contributed by atoms with Gasteiger partial charge in [0.15, 0.2) is 5.76 Å². The molecule has 2 rings (SSSR count). The zero-order valence-electron chi connectivity index (χ0n) is 11.2. The van der Waals surface area contributed by atoms with Crippen molar-refractivity contribution in [1.82, 2.24) is 10.3 Å². The molecule has 1 fully saturated rings. The minimum atomic E-state index is -0.571. The van der Waals surface area contributed by atoms with Gasteiger partial charge >= 0.3 is 5.91 Å². The fraction of sp³-hybridized carbons (Fsp3) is 0.615. The number of carbonyl (C=O) groups excluding carboxylic acids is 1. The summed E-state index contributed by atoms with van der Waals surface area (Å²) >= 11 is 0. The first-order valence-electron chi connectivity index (χ1n) is 6.53. The van der Waals surface area contributed by atoms with E-state index in [0.717, 1.165) is 25.7 Å². The first kappa shape index (κ1) is 14.0. The molecule has 1 heterocycles. The van der Waals surface area contributed by atoms with E-state index < -0.39 is 11.5 Å². The average molecular weight is 267 g/mol. The second-order valence-corrected chi connectivity index (χ2v) is 5.34. The van der Waals surface area contributed by atoms with E-state index in [-0.39, 0.29) is 5.76 Å². The number of likely N-dealkylation sites (N-methyl/N-ethyl adjacent to an activating group) is 1. The van der Waals surface area contributed by atoms with E-state index in [1.54, 1.807) is 12.1 Å². The van der Waals surface area contributed by atoms with Crippen LogP contribution in [0.1, 0.15) is 42.0 Å². The number of nitrogens with zero attached hydrogens (tertiary/aromatic N) is 1. The predicted octanol–water partition coefficient (Wildman–Crippen LogP) is 0.620. The van der Waals surface area contributed by atoms with Crippen LogP contribution in [0, 0.1) is 0 Å². The fourth-order valence-corrected chi connectivity index (χ4v) is 2.67. The molecule has 0 unspecified atom stereocenters. The van der Waals surface area contributed by atoms with Gasteiger partial charge in [0.25, 0.3) is 0 Å². The first-order chi connectivity index (χ1) is 9.02. The van der Waals surface area contributed by atoms with Crippen LogP contribution in [0.3, 0.4) is 0 Å². The van der Waals surface area contributed by atoms with Gasteiger partial charge in [0.05, 0.1) is 12.1 Å². The van der Waals surface area contributed by atoms with Crippen LogP contribution in [0.4, 0.5) is 0 Å². The molecule has 1 amide bonds. The van der Waals surface area contributed by atoms with Gasteiger partial charge in [-0.25, -0.2) is 5.84 Å². The Labute approximate surface area is 112 Å². The molecule has 0 saturated heterocycles. The van der Waals surface area contributed by atoms with Gasteiger partial charge in [-0.2, -0.15) is 0 Å². The number of carbonyl (C=O) groups is 1. The summed E-state index contributed by atoms with van der Waals surface area (Å²) in [6.07, 6.45) is 3.89. The van der Waals surface area contributed by atoms with Crippen LogP contribution in [-0.4, -0.2) is 35.1 Å². The standard InChI is InChI=1S/C13H21N3O3/c1-16(9-13(18)6-2-3-7-13)8-10-4-5-11(19-10)12(17)15-14/h4-5,18H,2-3,6-9,14H2,1H3,(H,15,17). The van der Waals surface area contributed by atoms with Gasteiger partial charge in [-0.3, -0.25) is 15.1 Å². The Morgan fingerprint density at radius 2 is 2.21 bits per heavy atom. The van der Waals surface area contributed by atoms with Gasteiger partial charge in [-0.15, -0.1) is 0 Å². The van der Waals surface area contributed by atoms with Gasteiger partial charge < -0.3 is 9.52 Å². The highest BCUT2D eigenvalue weighted by Crippen LogP contribution is 2.30. The summed E-state index contributed by atoms with van der Waals surface area (Å²) in [7, 11) is 1.93. The largest absolute Gasteiger partial charge is 0.455 e. The van der Waals surface area contributed by atoms with Gasteiger partial charge in [0, 0.05) is 6.54 Å². The van der Waals surface area contributed by atoms with Crippen LogP contribution in [0.5, 0.6) is 0 Å². The number of amides is 1. The maximum Gasteiger partial charge on any atom is 0.300 e. The molecule has 1 aliphatic carbocycles. The van der Waals surface area contributed by atoms with E-state index in [9.17, 15) is 9.90 Å². The molecule has 4 N–H and O–H groups in total. The molecule has 106 valence electrons. The van der Waals surface area contributed by atoms with Crippen LogP contribution in [-0.2, 0) is 6.54 Å². The third-order valence-electron chi connectivity index (χ3n) is 3.54. The van der Waals surface area contributed by atoms with Crippen molar-refractivity contribution in [3.63, 3.8) is 0 Å². The predicted molar refractivity (Wildman–Crippen MR) is 70.1 cm³/mol. The van der Waals surface area contributed by atoms with Gasteiger partial charge in [0.2, 0.25) is 0 Å². The highest BCUT2D eigenvalue weighted by Gasteiger charge is 2.32. The van der Waals surface area contributed by atoms with E-state index >= 15 is 0 Å². The molecule has 6 nitrogen and oxygen atoms in total. The Bertz CT molecular complexity index is 438. The van der Waals surface area contributed by atoms with Crippen molar-refractivity contribution in [1.29, 1.82) is 0 Å². The molecular weight excluding hydrogens is 246 g/mol. The van der Waals surface area contributed by atoms with Gasteiger partial charge in [-0.05, 0) is 32.0 Å². The molecule has 1 aromatic heterocycles. The van der Waals surface area contributed by atoms with Crippen LogP contribution >= 0.6 is 0 Å².